The van der Waals surface area contributed by atoms with Crippen LogP contribution in [0.5, 0.6) is 0 Å². The fraction of sp³-hybridized carbons (Fsp3) is 0.625. The number of rotatable bonds is 6. The van der Waals surface area contributed by atoms with Crippen LogP contribution in [0.3, 0.4) is 0 Å². The second-order valence-corrected chi connectivity index (χ2v) is 6.86. The molecular weight excluding hydrogens is 305 g/mol. The summed E-state index contributed by atoms with van der Waals surface area (Å²) in [5.41, 5.74) is 0.731. The Kier molecular flexibility index (Phi) is 6.48. The van der Waals surface area contributed by atoms with E-state index in [2.05, 4.69) is 48.9 Å². The molecule has 0 aromatic heterocycles. The monoisotopic (exact) mass is 329 g/mol. The molecule has 1 atom stereocenters. The number of benzene rings is 1. The molecule has 0 heterocycles. The van der Waals surface area contributed by atoms with Crippen LogP contribution in [0.15, 0.2) is 22.7 Å². The first-order valence-corrected chi connectivity index (χ1v) is 7.80. The highest BCUT2D eigenvalue weighted by molar-refractivity contribution is 9.10. The summed E-state index contributed by atoms with van der Waals surface area (Å²) in [5, 5.41) is 3.47. The van der Waals surface area contributed by atoms with E-state index in [1.54, 1.807) is 0 Å². The Morgan fingerprint density at radius 1 is 1.11 bits per heavy atom. The summed E-state index contributed by atoms with van der Waals surface area (Å²) in [6.45, 7) is 11.9. The van der Waals surface area contributed by atoms with E-state index in [0.717, 1.165) is 16.6 Å². The molecule has 0 aliphatic rings. The van der Waals surface area contributed by atoms with Crippen molar-refractivity contribution in [2.24, 2.45) is 17.8 Å². The Morgan fingerprint density at radius 3 is 2.16 bits per heavy atom. The maximum Gasteiger partial charge on any atom is 0.129 e. The van der Waals surface area contributed by atoms with Crippen LogP contribution >= 0.6 is 15.9 Å². The highest BCUT2D eigenvalue weighted by Gasteiger charge is 2.19. The van der Waals surface area contributed by atoms with E-state index in [1.165, 1.54) is 6.07 Å². The standard InChI is InChI=1S/C16H25BrFN/c1-10(2)15(11(3)4)9-19-12(5)14-7-6-13(17)8-16(14)18/h6-8,10-12,15,19H,9H2,1-5H3. The Bertz CT molecular complexity index is 396. The third-order valence-corrected chi connectivity index (χ3v) is 4.29. The highest BCUT2D eigenvalue weighted by Crippen LogP contribution is 2.23. The van der Waals surface area contributed by atoms with E-state index in [4.69, 9.17) is 0 Å². The Hall–Kier alpha value is -0.410. The van der Waals surface area contributed by atoms with Gasteiger partial charge < -0.3 is 5.32 Å². The number of hydrogen-bond donors (Lipinski definition) is 1. The van der Waals surface area contributed by atoms with Gasteiger partial charge in [-0.2, -0.15) is 0 Å². The molecule has 108 valence electrons. The van der Waals surface area contributed by atoms with E-state index in [1.807, 2.05) is 19.1 Å². The minimum Gasteiger partial charge on any atom is -0.310 e. The quantitative estimate of drug-likeness (QED) is 0.759. The maximum absolute atomic E-state index is 13.9. The van der Waals surface area contributed by atoms with Crippen LogP contribution in [0.4, 0.5) is 4.39 Å². The van der Waals surface area contributed by atoms with Crippen LogP contribution in [-0.2, 0) is 0 Å². The van der Waals surface area contributed by atoms with Gasteiger partial charge in [0.2, 0.25) is 0 Å². The molecule has 0 aliphatic heterocycles. The van der Waals surface area contributed by atoms with Gasteiger partial charge in [-0.05, 0) is 43.4 Å². The van der Waals surface area contributed by atoms with Crippen molar-refractivity contribution in [3.05, 3.63) is 34.1 Å². The predicted molar refractivity (Wildman–Crippen MR) is 83.7 cm³/mol. The van der Waals surface area contributed by atoms with Gasteiger partial charge in [-0.15, -0.1) is 0 Å². The molecule has 1 rings (SSSR count). The topological polar surface area (TPSA) is 12.0 Å². The molecule has 0 fully saturated rings. The zero-order valence-electron chi connectivity index (χ0n) is 12.5. The molecule has 0 spiro atoms. The molecule has 0 saturated carbocycles. The molecular formula is C16H25BrFN. The molecule has 0 aliphatic carbocycles. The average molecular weight is 330 g/mol. The SMILES string of the molecule is CC(NCC(C(C)C)C(C)C)c1ccc(Br)cc1F. The summed E-state index contributed by atoms with van der Waals surface area (Å²) < 4.78 is 14.7. The largest absolute Gasteiger partial charge is 0.310 e. The summed E-state index contributed by atoms with van der Waals surface area (Å²) >= 11 is 3.29. The normalized spacial score (nSPS) is 13.6. The van der Waals surface area contributed by atoms with Crippen molar-refractivity contribution in [1.29, 1.82) is 0 Å². The number of halogens is 2. The molecule has 1 aromatic rings. The molecule has 3 heteroatoms. The molecule has 0 bridgehead atoms. The van der Waals surface area contributed by atoms with E-state index in [9.17, 15) is 4.39 Å². The second-order valence-electron chi connectivity index (χ2n) is 5.95. The molecule has 1 N–H and O–H groups in total. The number of hydrogen-bond acceptors (Lipinski definition) is 1. The lowest BCUT2D eigenvalue weighted by Gasteiger charge is -2.27. The zero-order valence-corrected chi connectivity index (χ0v) is 14.1. The van der Waals surface area contributed by atoms with E-state index in [0.29, 0.717) is 17.8 Å². The smallest absolute Gasteiger partial charge is 0.129 e. The van der Waals surface area contributed by atoms with Crippen molar-refractivity contribution in [3.8, 4) is 0 Å². The van der Waals surface area contributed by atoms with Gasteiger partial charge >= 0.3 is 0 Å². The van der Waals surface area contributed by atoms with Crippen molar-refractivity contribution < 1.29 is 4.39 Å². The minimum atomic E-state index is -0.153. The van der Waals surface area contributed by atoms with Gasteiger partial charge in [0.25, 0.3) is 0 Å². The third-order valence-electron chi connectivity index (χ3n) is 3.80. The van der Waals surface area contributed by atoms with Crippen molar-refractivity contribution in [3.63, 3.8) is 0 Å². The molecule has 1 nitrogen and oxygen atoms in total. The van der Waals surface area contributed by atoms with Crippen molar-refractivity contribution in [2.45, 2.75) is 40.7 Å². The summed E-state index contributed by atoms with van der Waals surface area (Å²) in [4.78, 5) is 0. The van der Waals surface area contributed by atoms with Gasteiger partial charge in [-0.25, -0.2) is 4.39 Å². The third kappa shape index (κ3) is 4.88. The second kappa shape index (κ2) is 7.39. The van der Waals surface area contributed by atoms with Crippen molar-refractivity contribution in [2.75, 3.05) is 6.54 Å². The fourth-order valence-corrected chi connectivity index (χ4v) is 2.85. The van der Waals surface area contributed by atoms with Gasteiger partial charge in [0.15, 0.2) is 0 Å². The summed E-state index contributed by atoms with van der Waals surface area (Å²) in [6.07, 6.45) is 0. The van der Waals surface area contributed by atoms with E-state index in [-0.39, 0.29) is 11.9 Å². The lowest BCUT2D eigenvalue weighted by atomic mass is 9.85. The van der Waals surface area contributed by atoms with E-state index >= 15 is 0 Å². The lowest BCUT2D eigenvalue weighted by molar-refractivity contribution is 0.267. The molecule has 0 radical (unpaired) electrons. The first kappa shape index (κ1) is 16.6. The Morgan fingerprint density at radius 2 is 1.68 bits per heavy atom. The predicted octanol–water partition coefficient (Wildman–Crippen LogP) is 5.17. The average Bonchev–Trinajstić information content (AvgIpc) is 2.27. The van der Waals surface area contributed by atoms with Gasteiger partial charge in [-0.3, -0.25) is 0 Å². The van der Waals surface area contributed by atoms with E-state index < -0.39 is 0 Å². The molecule has 1 aromatic carbocycles. The molecule has 0 saturated heterocycles. The van der Waals surface area contributed by atoms with Gasteiger partial charge in [0.1, 0.15) is 5.82 Å². The van der Waals surface area contributed by atoms with Crippen LogP contribution in [-0.4, -0.2) is 6.54 Å². The van der Waals surface area contributed by atoms with Crippen LogP contribution in [0.25, 0.3) is 0 Å². The van der Waals surface area contributed by atoms with Crippen LogP contribution in [0.2, 0.25) is 0 Å². The van der Waals surface area contributed by atoms with Crippen LogP contribution < -0.4 is 5.32 Å². The van der Waals surface area contributed by atoms with Gasteiger partial charge in [0, 0.05) is 16.1 Å². The first-order chi connectivity index (χ1) is 8.82. The number of nitrogens with one attached hydrogen (secondary N) is 1. The lowest BCUT2D eigenvalue weighted by Crippen LogP contribution is -2.31. The van der Waals surface area contributed by atoms with Crippen molar-refractivity contribution in [1.82, 2.24) is 5.32 Å². The van der Waals surface area contributed by atoms with Crippen molar-refractivity contribution >= 4 is 15.9 Å². The molecule has 19 heavy (non-hydrogen) atoms. The van der Waals surface area contributed by atoms with Gasteiger partial charge in [-0.1, -0.05) is 49.7 Å². The highest BCUT2D eigenvalue weighted by atomic mass is 79.9. The van der Waals surface area contributed by atoms with Crippen LogP contribution in [0, 0.1) is 23.6 Å². The molecule has 1 unspecified atom stereocenters. The maximum atomic E-state index is 13.9. The summed E-state index contributed by atoms with van der Waals surface area (Å²) in [5.74, 6) is 1.73. The fourth-order valence-electron chi connectivity index (χ4n) is 2.52. The summed E-state index contributed by atoms with van der Waals surface area (Å²) in [7, 11) is 0. The Balaban J connectivity index is 2.66. The minimum absolute atomic E-state index is 0.0353. The van der Waals surface area contributed by atoms with Crippen LogP contribution in [0.1, 0.15) is 46.2 Å². The first-order valence-electron chi connectivity index (χ1n) is 7.01. The summed E-state index contributed by atoms with van der Waals surface area (Å²) in [6, 6.07) is 5.29. The zero-order chi connectivity index (χ0) is 14.6. The Labute approximate surface area is 125 Å². The molecule has 0 amide bonds. The van der Waals surface area contributed by atoms with Gasteiger partial charge in [0.05, 0.1) is 0 Å².